The van der Waals surface area contributed by atoms with Gasteiger partial charge in [0, 0.05) is 5.56 Å². The van der Waals surface area contributed by atoms with Gasteiger partial charge in [-0.05, 0) is 48.5 Å². The fourth-order valence-electron chi connectivity index (χ4n) is 4.10. The Morgan fingerprint density at radius 3 is 1.35 bits per heavy atom. The van der Waals surface area contributed by atoms with Crippen molar-refractivity contribution in [3.8, 4) is 0 Å². The lowest BCUT2D eigenvalue weighted by molar-refractivity contribution is -0.138. The molecule has 4 rings (SSSR count). The average Bonchev–Trinajstić information content (AvgIpc) is 2.88. The first-order valence-electron chi connectivity index (χ1n) is 10.7. The molecular formula is C28H25INO3P. The maximum atomic E-state index is 12.9. The number of hydrogen-bond acceptors (Lipinski definition) is 2. The first kappa shape index (κ1) is 25.6. The summed E-state index contributed by atoms with van der Waals surface area (Å²) in [6.45, 7) is 0. The molecule has 172 valence electrons. The van der Waals surface area contributed by atoms with Gasteiger partial charge < -0.3 is 34.4 Å². The fraction of sp³-hybridized carbons (Fsp3) is 0.0714. The molecule has 0 fully saturated rings. The molecule has 0 spiro atoms. The average molecular weight is 581 g/mol. The predicted octanol–water partition coefficient (Wildman–Crippen LogP) is 0.868. The molecule has 0 unspecified atom stereocenters. The van der Waals surface area contributed by atoms with Crippen molar-refractivity contribution in [1.82, 2.24) is 5.32 Å². The lowest BCUT2D eigenvalue weighted by Gasteiger charge is -2.30. The number of carbonyl (C=O) groups excluding carboxylic acids is 1. The molecule has 6 heteroatoms. The van der Waals surface area contributed by atoms with Crippen molar-refractivity contribution >= 4 is 35.1 Å². The molecule has 34 heavy (non-hydrogen) atoms. The van der Waals surface area contributed by atoms with Crippen LogP contribution in [0.2, 0.25) is 0 Å². The molecule has 0 aliphatic rings. The minimum Gasteiger partial charge on any atom is -1.00 e. The van der Waals surface area contributed by atoms with Gasteiger partial charge in [-0.2, -0.15) is 0 Å². The number of hydrogen-bond donors (Lipinski definition) is 2. The Morgan fingerprint density at radius 2 is 1.00 bits per heavy atom. The SMILES string of the molecule is O=C(N[C@@H](C[P+](c1ccccc1)(c1ccccc1)c1ccccc1)C(=O)O)c1ccccc1.[I-]. The molecule has 4 aromatic rings. The van der Waals surface area contributed by atoms with Crippen LogP contribution in [-0.4, -0.2) is 29.2 Å². The van der Waals surface area contributed by atoms with E-state index in [0.717, 1.165) is 15.9 Å². The van der Waals surface area contributed by atoms with Crippen molar-refractivity contribution in [3.05, 3.63) is 127 Å². The molecule has 0 heterocycles. The molecule has 0 aromatic heterocycles. The van der Waals surface area contributed by atoms with Crippen LogP contribution in [0.25, 0.3) is 0 Å². The summed E-state index contributed by atoms with van der Waals surface area (Å²) in [7, 11) is -2.41. The van der Waals surface area contributed by atoms with Crippen LogP contribution in [-0.2, 0) is 4.79 Å². The van der Waals surface area contributed by atoms with Crippen LogP contribution in [0.4, 0.5) is 0 Å². The van der Waals surface area contributed by atoms with E-state index >= 15 is 0 Å². The number of amides is 1. The van der Waals surface area contributed by atoms with E-state index in [-0.39, 0.29) is 30.1 Å². The van der Waals surface area contributed by atoms with Gasteiger partial charge in [0.25, 0.3) is 5.91 Å². The Morgan fingerprint density at radius 1 is 0.647 bits per heavy atom. The number of nitrogens with one attached hydrogen (secondary N) is 1. The lowest BCUT2D eigenvalue weighted by Crippen LogP contribution is -3.00. The van der Waals surface area contributed by atoms with Gasteiger partial charge in [-0.1, -0.05) is 72.8 Å². The maximum Gasteiger partial charge on any atom is 0.330 e. The summed E-state index contributed by atoms with van der Waals surface area (Å²) in [4.78, 5) is 25.3. The van der Waals surface area contributed by atoms with Crippen molar-refractivity contribution in [2.24, 2.45) is 0 Å². The molecule has 0 radical (unpaired) electrons. The molecule has 0 saturated heterocycles. The smallest absolute Gasteiger partial charge is 0.330 e. The van der Waals surface area contributed by atoms with Gasteiger partial charge in [0.2, 0.25) is 0 Å². The Balaban J connectivity index is 0.00000324. The van der Waals surface area contributed by atoms with E-state index in [9.17, 15) is 14.7 Å². The number of carboxylic acids is 1. The zero-order valence-corrected chi connectivity index (χ0v) is 21.5. The van der Waals surface area contributed by atoms with Crippen LogP contribution in [0.3, 0.4) is 0 Å². The maximum absolute atomic E-state index is 12.9. The van der Waals surface area contributed by atoms with Crippen molar-refractivity contribution in [2.75, 3.05) is 6.16 Å². The Kier molecular flexibility index (Phi) is 8.97. The predicted molar refractivity (Wildman–Crippen MR) is 135 cm³/mol. The Hall–Kier alpha value is -3.02. The van der Waals surface area contributed by atoms with Crippen molar-refractivity contribution < 1.29 is 38.7 Å². The standard InChI is InChI=1S/C28H24NO3P.HI/c30-27(22-13-5-1-6-14-22)29-26(28(31)32)21-33(23-15-7-2-8-16-23,24-17-9-3-10-18-24)25-19-11-4-12-20-25;/h1-20,26H,21H2,(H-,29,30,31,32);1H/t26-;/m0./s1. The summed E-state index contributed by atoms with van der Waals surface area (Å²) >= 11 is 0. The summed E-state index contributed by atoms with van der Waals surface area (Å²) in [5.74, 6) is -1.44. The third kappa shape index (κ3) is 5.54. The number of carboxylic acid groups (broad SMARTS) is 1. The van der Waals surface area contributed by atoms with E-state index < -0.39 is 25.2 Å². The molecular weight excluding hydrogens is 556 g/mol. The Labute approximate surface area is 217 Å². The van der Waals surface area contributed by atoms with E-state index in [1.165, 1.54) is 0 Å². The van der Waals surface area contributed by atoms with Gasteiger partial charge in [-0.15, -0.1) is 0 Å². The molecule has 4 aromatic carbocycles. The van der Waals surface area contributed by atoms with Crippen LogP contribution >= 0.6 is 7.26 Å². The molecule has 0 aliphatic heterocycles. The highest BCUT2D eigenvalue weighted by molar-refractivity contribution is 7.95. The van der Waals surface area contributed by atoms with Gasteiger partial charge >= 0.3 is 5.97 Å². The monoisotopic (exact) mass is 581 g/mol. The van der Waals surface area contributed by atoms with Crippen LogP contribution in [0.5, 0.6) is 0 Å². The normalized spacial score (nSPS) is 11.6. The summed E-state index contributed by atoms with van der Waals surface area (Å²) in [5.41, 5.74) is 0.437. The number of halogens is 1. The molecule has 1 amide bonds. The number of carbonyl (C=O) groups is 2. The molecule has 0 bridgehead atoms. The van der Waals surface area contributed by atoms with Crippen LogP contribution in [0.1, 0.15) is 10.4 Å². The van der Waals surface area contributed by atoms with E-state index in [4.69, 9.17) is 0 Å². The van der Waals surface area contributed by atoms with Crippen LogP contribution in [0, 0.1) is 0 Å². The summed E-state index contributed by atoms with van der Waals surface area (Å²) in [6.07, 6.45) is 0.263. The quantitative estimate of drug-likeness (QED) is 0.240. The minimum atomic E-state index is -2.41. The zero-order valence-electron chi connectivity index (χ0n) is 18.4. The third-order valence-electron chi connectivity index (χ3n) is 5.69. The van der Waals surface area contributed by atoms with E-state index in [2.05, 4.69) is 41.7 Å². The number of aliphatic carboxylic acids is 1. The van der Waals surface area contributed by atoms with E-state index in [1.807, 2.05) is 60.7 Å². The van der Waals surface area contributed by atoms with Gasteiger partial charge in [-0.3, -0.25) is 4.79 Å². The molecule has 4 nitrogen and oxygen atoms in total. The molecule has 2 N–H and O–H groups in total. The van der Waals surface area contributed by atoms with Crippen LogP contribution in [0.15, 0.2) is 121 Å². The van der Waals surface area contributed by atoms with E-state index in [0.29, 0.717) is 5.56 Å². The molecule has 0 saturated carbocycles. The highest BCUT2D eigenvalue weighted by Gasteiger charge is 2.48. The number of rotatable bonds is 8. The second-order valence-corrected chi connectivity index (χ2v) is 11.3. The highest BCUT2D eigenvalue weighted by Crippen LogP contribution is 2.55. The van der Waals surface area contributed by atoms with Crippen molar-refractivity contribution in [3.63, 3.8) is 0 Å². The Bertz CT molecular complexity index is 1110. The zero-order chi connectivity index (χ0) is 23.1. The molecule has 1 atom stereocenters. The number of benzene rings is 4. The third-order valence-corrected chi connectivity index (χ3v) is 10.1. The van der Waals surface area contributed by atoms with E-state index in [1.54, 1.807) is 24.3 Å². The van der Waals surface area contributed by atoms with Crippen molar-refractivity contribution in [1.29, 1.82) is 0 Å². The largest absolute Gasteiger partial charge is 1.00 e. The summed E-state index contributed by atoms with van der Waals surface area (Å²) in [6, 6.07) is 37.8. The van der Waals surface area contributed by atoms with Gasteiger partial charge in [0.15, 0.2) is 6.04 Å². The lowest BCUT2D eigenvalue weighted by atomic mass is 10.2. The first-order chi connectivity index (χ1) is 16.1. The first-order valence-corrected chi connectivity index (χ1v) is 12.7. The second-order valence-electron chi connectivity index (χ2n) is 7.73. The minimum absolute atomic E-state index is 0. The summed E-state index contributed by atoms with van der Waals surface area (Å²) in [5, 5.41) is 16.2. The fourth-order valence-corrected chi connectivity index (χ4v) is 8.47. The van der Waals surface area contributed by atoms with Gasteiger partial charge in [0.1, 0.15) is 29.3 Å². The molecule has 0 aliphatic carbocycles. The van der Waals surface area contributed by atoms with Gasteiger partial charge in [-0.25, -0.2) is 4.79 Å². The van der Waals surface area contributed by atoms with Crippen molar-refractivity contribution in [2.45, 2.75) is 6.04 Å². The second kappa shape index (κ2) is 11.9. The van der Waals surface area contributed by atoms with Crippen LogP contribution < -0.4 is 45.2 Å². The van der Waals surface area contributed by atoms with Gasteiger partial charge in [0.05, 0.1) is 0 Å². The summed E-state index contributed by atoms with van der Waals surface area (Å²) < 4.78 is 0. The topological polar surface area (TPSA) is 66.4 Å². The highest BCUT2D eigenvalue weighted by atomic mass is 127.